The van der Waals surface area contributed by atoms with Gasteiger partial charge in [-0.1, -0.05) is 6.92 Å². The lowest BCUT2D eigenvalue weighted by atomic mass is 10.2. The molecule has 0 N–H and O–H groups in total. The number of hydrogen-bond acceptors (Lipinski definition) is 1. The van der Waals surface area contributed by atoms with Gasteiger partial charge in [-0.25, -0.2) is 4.39 Å². The average Bonchev–Trinajstić information content (AvgIpc) is 2.02. The molecule has 1 nitrogen and oxygen atoms in total. The SMILES string of the molecule is CCCOC=CCCCC(C)F. The first-order chi connectivity index (χ1) is 5.77. The van der Waals surface area contributed by atoms with E-state index in [4.69, 9.17) is 4.74 Å². The van der Waals surface area contributed by atoms with Crippen LogP contribution in [0.15, 0.2) is 12.3 Å². The van der Waals surface area contributed by atoms with Crippen LogP contribution in [0.3, 0.4) is 0 Å². The Hall–Kier alpha value is -0.530. The third-order valence-corrected chi connectivity index (χ3v) is 1.49. The van der Waals surface area contributed by atoms with Gasteiger partial charge in [0.1, 0.15) is 0 Å². The Labute approximate surface area is 74.6 Å². The van der Waals surface area contributed by atoms with E-state index in [0.717, 1.165) is 25.9 Å². The van der Waals surface area contributed by atoms with Crippen molar-refractivity contribution in [1.82, 2.24) is 0 Å². The van der Waals surface area contributed by atoms with Crippen LogP contribution in [0.2, 0.25) is 0 Å². The van der Waals surface area contributed by atoms with Crippen molar-refractivity contribution >= 4 is 0 Å². The van der Waals surface area contributed by atoms with E-state index in [1.54, 1.807) is 13.2 Å². The molecule has 0 rings (SSSR count). The fourth-order valence-electron chi connectivity index (χ4n) is 0.839. The first-order valence-corrected chi connectivity index (χ1v) is 4.68. The molecule has 0 aromatic carbocycles. The monoisotopic (exact) mass is 174 g/mol. The summed E-state index contributed by atoms with van der Waals surface area (Å²) >= 11 is 0. The highest BCUT2D eigenvalue weighted by Crippen LogP contribution is 2.03. The first-order valence-electron chi connectivity index (χ1n) is 4.68. The summed E-state index contributed by atoms with van der Waals surface area (Å²) in [4.78, 5) is 0. The Bertz CT molecular complexity index is 110. The maximum absolute atomic E-state index is 12.3. The highest BCUT2D eigenvalue weighted by atomic mass is 19.1. The van der Waals surface area contributed by atoms with Gasteiger partial charge in [-0.3, -0.25) is 0 Å². The predicted octanol–water partition coefficient (Wildman–Crippen LogP) is 3.46. The Morgan fingerprint density at radius 3 is 2.83 bits per heavy atom. The van der Waals surface area contributed by atoms with Crippen molar-refractivity contribution in [3.63, 3.8) is 0 Å². The lowest BCUT2D eigenvalue weighted by Gasteiger charge is -1.98. The molecule has 0 saturated carbocycles. The van der Waals surface area contributed by atoms with Crippen molar-refractivity contribution in [2.24, 2.45) is 0 Å². The zero-order valence-corrected chi connectivity index (χ0v) is 8.05. The summed E-state index contributed by atoms with van der Waals surface area (Å²) in [5.41, 5.74) is 0. The molecule has 0 aliphatic heterocycles. The van der Waals surface area contributed by atoms with Gasteiger partial charge in [0.05, 0.1) is 19.0 Å². The molecule has 72 valence electrons. The topological polar surface area (TPSA) is 9.23 Å². The number of rotatable bonds is 7. The molecule has 0 bridgehead atoms. The van der Waals surface area contributed by atoms with Crippen molar-refractivity contribution in [2.45, 2.75) is 45.7 Å². The zero-order chi connectivity index (χ0) is 9.23. The maximum atomic E-state index is 12.3. The molecule has 0 aliphatic carbocycles. The van der Waals surface area contributed by atoms with E-state index in [1.807, 2.05) is 6.08 Å². The van der Waals surface area contributed by atoms with Crippen LogP contribution in [0.4, 0.5) is 4.39 Å². The lowest BCUT2D eigenvalue weighted by Crippen LogP contribution is -1.90. The number of halogens is 1. The molecule has 0 radical (unpaired) electrons. The largest absolute Gasteiger partial charge is 0.502 e. The fourth-order valence-corrected chi connectivity index (χ4v) is 0.839. The Balaban J connectivity index is 3.03. The second kappa shape index (κ2) is 8.57. The Kier molecular flexibility index (Phi) is 8.19. The number of unbranched alkanes of at least 4 members (excludes halogenated alkanes) is 1. The third-order valence-electron chi connectivity index (χ3n) is 1.49. The summed E-state index contributed by atoms with van der Waals surface area (Å²) in [6.45, 7) is 4.44. The molecular weight excluding hydrogens is 155 g/mol. The molecule has 0 spiro atoms. The summed E-state index contributed by atoms with van der Waals surface area (Å²) in [6.07, 6.45) is 6.51. The van der Waals surface area contributed by atoms with Crippen LogP contribution in [0, 0.1) is 0 Å². The van der Waals surface area contributed by atoms with Crippen molar-refractivity contribution in [3.05, 3.63) is 12.3 Å². The van der Waals surface area contributed by atoms with Gasteiger partial charge in [0.25, 0.3) is 0 Å². The summed E-state index contributed by atoms with van der Waals surface area (Å²) in [5, 5.41) is 0. The van der Waals surface area contributed by atoms with Gasteiger partial charge in [0.2, 0.25) is 0 Å². The Morgan fingerprint density at radius 2 is 2.25 bits per heavy atom. The zero-order valence-electron chi connectivity index (χ0n) is 8.05. The second-order valence-corrected chi connectivity index (χ2v) is 2.95. The van der Waals surface area contributed by atoms with Gasteiger partial charge >= 0.3 is 0 Å². The fraction of sp³-hybridized carbons (Fsp3) is 0.800. The molecule has 0 fully saturated rings. The van der Waals surface area contributed by atoms with Gasteiger partial charge in [-0.2, -0.15) is 0 Å². The van der Waals surface area contributed by atoms with Crippen LogP contribution in [-0.4, -0.2) is 12.8 Å². The van der Waals surface area contributed by atoms with Crippen LogP contribution in [0.5, 0.6) is 0 Å². The molecule has 0 saturated heterocycles. The number of alkyl halides is 1. The molecular formula is C10H19FO. The minimum atomic E-state index is -0.671. The van der Waals surface area contributed by atoms with E-state index in [-0.39, 0.29) is 0 Å². The molecule has 1 atom stereocenters. The minimum Gasteiger partial charge on any atom is -0.502 e. The van der Waals surface area contributed by atoms with E-state index >= 15 is 0 Å². The molecule has 0 aromatic heterocycles. The molecule has 0 amide bonds. The number of hydrogen-bond donors (Lipinski definition) is 0. The molecule has 1 unspecified atom stereocenters. The van der Waals surface area contributed by atoms with Gasteiger partial charge in [0.15, 0.2) is 0 Å². The second-order valence-electron chi connectivity index (χ2n) is 2.95. The highest BCUT2D eigenvalue weighted by Gasteiger charge is 1.94. The van der Waals surface area contributed by atoms with Crippen LogP contribution >= 0.6 is 0 Å². The molecule has 12 heavy (non-hydrogen) atoms. The molecule has 0 aliphatic rings. The summed E-state index contributed by atoms with van der Waals surface area (Å²) in [6, 6.07) is 0. The molecule has 0 heterocycles. The summed E-state index contributed by atoms with van der Waals surface area (Å²) in [5.74, 6) is 0. The van der Waals surface area contributed by atoms with Gasteiger partial charge in [0, 0.05) is 0 Å². The number of allylic oxidation sites excluding steroid dienone is 1. The van der Waals surface area contributed by atoms with Gasteiger partial charge < -0.3 is 4.74 Å². The molecule has 0 aromatic rings. The lowest BCUT2D eigenvalue weighted by molar-refractivity contribution is 0.248. The molecule has 2 heteroatoms. The standard InChI is InChI=1S/C10H19FO/c1-3-8-12-9-6-4-5-7-10(2)11/h6,9-10H,3-5,7-8H2,1-2H3. The first kappa shape index (κ1) is 11.5. The van der Waals surface area contributed by atoms with E-state index in [2.05, 4.69) is 6.92 Å². The normalized spacial score (nSPS) is 13.6. The van der Waals surface area contributed by atoms with E-state index in [1.165, 1.54) is 0 Å². The third kappa shape index (κ3) is 9.47. The summed E-state index contributed by atoms with van der Waals surface area (Å²) < 4.78 is 17.4. The van der Waals surface area contributed by atoms with Gasteiger partial charge in [-0.15, -0.1) is 0 Å². The van der Waals surface area contributed by atoms with Crippen LogP contribution in [0.25, 0.3) is 0 Å². The average molecular weight is 174 g/mol. The predicted molar refractivity (Wildman–Crippen MR) is 49.8 cm³/mol. The highest BCUT2D eigenvalue weighted by molar-refractivity contribution is 4.73. The Morgan fingerprint density at radius 1 is 1.50 bits per heavy atom. The maximum Gasteiger partial charge on any atom is 0.0973 e. The van der Waals surface area contributed by atoms with Crippen molar-refractivity contribution in [2.75, 3.05) is 6.61 Å². The van der Waals surface area contributed by atoms with E-state index in [9.17, 15) is 4.39 Å². The van der Waals surface area contributed by atoms with Crippen LogP contribution in [0.1, 0.15) is 39.5 Å². The van der Waals surface area contributed by atoms with Crippen molar-refractivity contribution in [1.29, 1.82) is 0 Å². The van der Waals surface area contributed by atoms with Crippen LogP contribution < -0.4 is 0 Å². The number of ether oxygens (including phenoxy) is 1. The van der Waals surface area contributed by atoms with Crippen LogP contribution in [-0.2, 0) is 4.74 Å². The van der Waals surface area contributed by atoms with Crippen molar-refractivity contribution in [3.8, 4) is 0 Å². The quantitative estimate of drug-likeness (QED) is 0.424. The smallest absolute Gasteiger partial charge is 0.0973 e. The van der Waals surface area contributed by atoms with E-state index in [0.29, 0.717) is 6.42 Å². The van der Waals surface area contributed by atoms with Gasteiger partial charge in [-0.05, 0) is 38.7 Å². The van der Waals surface area contributed by atoms with Crippen molar-refractivity contribution < 1.29 is 9.13 Å². The van der Waals surface area contributed by atoms with E-state index < -0.39 is 6.17 Å². The minimum absolute atomic E-state index is 0.651. The summed E-state index contributed by atoms with van der Waals surface area (Å²) in [7, 11) is 0.